The van der Waals surface area contributed by atoms with Gasteiger partial charge in [0.25, 0.3) is 0 Å². The van der Waals surface area contributed by atoms with Crippen molar-refractivity contribution < 1.29 is 24.3 Å². The van der Waals surface area contributed by atoms with Crippen LogP contribution in [0.25, 0.3) is 11.8 Å². The number of carbonyl (C=O) groups excluding carboxylic acids is 3. The zero-order chi connectivity index (χ0) is 50.9. The first kappa shape index (κ1) is 50.3. The zero-order valence-corrected chi connectivity index (χ0v) is 42.5. The van der Waals surface area contributed by atoms with E-state index in [9.17, 15) is 19.5 Å². The predicted octanol–water partition coefficient (Wildman–Crippen LogP) is 5.55. The van der Waals surface area contributed by atoms with Gasteiger partial charge in [0.1, 0.15) is 17.6 Å². The van der Waals surface area contributed by atoms with Crippen LogP contribution < -0.4 is 21.7 Å². The molecule has 72 heavy (non-hydrogen) atoms. The molecular formula is C55H72N12O5. The molecule has 5 fully saturated rings. The Morgan fingerprint density at radius 3 is 2.39 bits per heavy atom. The average molecular weight is 981 g/mol. The number of carbonyl (C=O) groups is 3. The number of urea groups is 1. The topological polar surface area (TPSA) is 206 Å². The van der Waals surface area contributed by atoms with Gasteiger partial charge in [0.05, 0.1) is 12.1 Å². The molecule has 382 valence electrons. The maximum atomic E-state index is 14.2. The van der Waals surface area contributed by atoms with Crippen molar-refractivity contribution in [3.63, 3.8) is 0 Å². The van der Waals surface area contributed by atoms with Gasteiger partial charge in [-0.15, -0.1) is 6.42 Å². The Hall–Kier alpha value is -6.61. The van der Waals surface area contributed by atoms with Crippen molar-refractivity contribution in [3.05, 3.63) is 100.0 Å². The van der Waals surface area contributed by atoms with E-state index in [-0.39, 0.29) is 35.2 Å². The van der Waals surface area contributed by atoms with E-state index in [0.717, 1.165) is 99.2 Å². The van der Waals surface area contributed by atoms with Crippen molar-refractivity contribution in [2.24, 2.45) is 16.6 Å². The lowest BCUT2D eigenvalue weighted by atomic mass is 9.60. The number of H-pyrrole nitrogens is 1. The Bertz CT molecular complexity index is 2650. The molecule has 10 rings (SSSR count). The Labute approximate surface area is 423 Å². The molecule has 17 heteroatoms. The monoisotopic (exact) mass is 981 g/mol. The summed E-state index contributed by atoms with van der Waals surface area (Å²) in [6, 6.07) is 14.5. The van der Waals surface area contributed by atoms with Crippen LogP contribution in [0.2, 0.25) is 0 Å². The van der Waals surface area contributed by atoms with E-state index in [1.165, 1.54) is 5.56 Å². The van der Waals surface area contributed by atoms with Crippen molar-refractivity contribution >= 4 is 41.9 Å². The Morgan fingerprint density at radius 1 is 1.01 bits per heavy atom. The highest BCUT2D eigenvalue weighted by Crippen LogP contribution is 2.51. The van der Waals surface area contributed by atoms with E-state index in [1.807, 2.05) is 75.6 Å². The summed E-state index contributed by atoms with van der Waals surface area (Å²) < 4.78 is 0. The zero-order valence-electron chi connectivity index (χ0n) is 42.5. The summed E-state index contributed by atoms with van der Waals surface area (Å²) in [5.74, 6) is 4.38. The molecule has 17 nitrogen and oxygen atoms in total. The number of aromatic nitrogens is 3. The van der Waals surface area contributed by atoms with Crippen molar-refractivity contribution in [3.8, 4) is 18.1 Å². The number of piperidine rings is 1. The fourth-order valence-electron chi connectivity index (χ4n) is 12.0. The molecule has 2 aromatic carbocycles. The number of terminal acetylenes is 1. The van der Waals surface area contributed by atoms with Crippen LogP contribution in [0.1, 0.15) is 111 Å². The molecule has 4 aromatic rings. The summed E-state index contributed by atoms with van der Waals surface area (Å²) in [5.41, 5.74) is 19.9. The molecule has 5 aliphatic heterocycles. The van der Waals surface area contributed by atoms with Crippen molar-refractivity contribution in [1.29, 1.82) is 0 Å². The van der Waals surface area contributed by atoms with E-state index in [0.29, 0.717) is 74.1 Å². The lowest BCUT2D eigenvalue weighted by Gasteiger charge is -2.62. The number of hydrogen-bond acceptors (Lipinski definition) is 12. The van der Waals surface area contributed by atoms with Crippen LogP contribution in [0.3, 0.4) is 0 Å². The molecule has 4 saturated heterocycles. The fraction of sp³-hybridized carbons (Fsp3) is 0.509. The number of nitrogens with zero attached hydrogens (tertiary/aromatic N) is 8. The molecule has 3 unspecified atom stereocenters. The lowest BCUT2D eigenvalue weighted by Crippen LogP contribution is -2.71. The van der Waals surface area contributed by atoms with Crippen LogP contribution in [0, 0.1) is 23.2 Å². The number of para-hydroxylation sites is 1. The van der Waals surface area contributed by atoms with Crippen molar-refractivity contribution in [2.45, 2.75) is 103 Å². The summed E-state index contributed by atoms with van der Waals surface area (Å²) in [6.45, 7) is 15.6. The minimum atomic E-state index is -0.510. The molecule has 6 aliphatic rings. The number of amides is 4. The van der Waals surface area contributed by atoms with Gasteiger partial charge in [-0.3, -0.25) is 14.4 Å². The standard InChI is InChI=1S/C45H63N11O4.C10H9NO/c1-28-38-34(20-35(46)33-8-6-7-9-37(33)57)40(47)50-36(38)13-17-55(28)42-48-23-30(24-49-42)29-10-14-52(15-11-29)31-21-45(22-31)26-54(27-45)43(59)56-19-18-51(5)60-32-12-16-53(25-32)41(58)39(56)44(2,3)4;1-2-9-3-5-10(6-4-9)7-11-8-12/h6-9,20,23-24,28-29,31-32,39,50,57H,10-19,21-22,25-27,46-47H2,1-5H3;1,3-6,8H,7H2,(H,11,12)/b35-20-;. The third-order valence-electron chi connectivity index (χ3n) is 15.8. The summed E-state index contributed by atoms with van der Waals surface area (Å²) in [7, 11) is 1.93. The molecule has 7 N–H and O–H groups in total. The first-order valence-corrected chi connectivity index (χ1v) is 25.6. The summed E-state index contributed by atoms with van der Waals surface area (Å²) in [6.07, 6.45) is 17.7. The third kappa shape index (κ3) is 10.5. The molecule has 0 radical (unpaired) electrons. The third-order valence-corrected chi connectivity index (χ3v) is 15.8. The quantitative estimate of drug-likeness (QED) is 0.109. The number of nitrogens with one attached hydrogen (secondary N) is 2. The number of phenols is 1. The van der Waals surface area contributed by atoms with E-state index in [1.54, 1.807) is 18.2 Å². The fourth-order valence-corrected chi connectivity index (χ4v) is 12.0. The molecule has 7 heterocycles. The highest BCUT2D eigenvalue weighted by Gasteiger charge is 2.57. The van der Waals surface area contributed by atoms with E-state index in [4.69, 9.17) is 32.7 Å². The lowest BCUT2D eigenvalue weighted by molar-refractivity contribution is -0.184. The molecule has 2 bridgehead atoms. The van der Waals surface area contributed by atoms with E-state index in [2.05, 4.69) is 53.7 Å². The van der Waals surface area contributed by atoms with Gasteiger partial charge in [-0.25, -0.2) is 14.8 Å². The number of nitrogen functional groups attached to an aromatic ring is 1. The highest BCUT2D eigenvalue weighted by molar-refractivity contribution is 5.89. The normalized spacial score (nSPS) is 23.1. The number of anilines is 2. The number of hydroxylamine groups is 2. The molecule has 1 aliphatic carbocycles. The Balaban J connectivity index is 0.000000469. The SMILES string of the molecule is C#Cc1ccc(CNC=O)cc1.CC1c2c([nH]c(N)c2/C=C(\N)c2ccccc2O)CCN1c1ncc(C2CCN(C3CC4(C3)CN(C(=O)N3CCN(C)OC5CCN(C5)C(=O)C3C(C)(C)C)C4)CC2)cn1. The van der Waals surface area contributed by atoms with Gasteiger partial charge in [-0.05, 0) is 105 Å². The number of aromatic hydroxyl groups is 1. The van der Waals surface area contributed by atoms with Gasteiger partial charge < -0.3 is 51.4 Å². The summed E-state index contributed by atoms with van der Waals surface area (Å²) in [5, 5.41) is 14.8. The number of hydrogen-bond donors (Lipinski definition) is 5. The number of likely N-dealkylation sites (tertiary alicyclic amines) is 2. The van der Waals surface area contributed by atoms with Crippen LogP contribution in [0.4, 0.5) is 16.6 Å². The molecule has 1 spiro atoms. The number of nitrogens with two attached hydrogens (primary N) is 2. The highest BCUT2D eigenvalue weighted by atomic mass is 16.7. The number of benzene rings is 2. The first-order chi connectivity index (χ1) is 34.5. The number of rotatable bonds is 8. The second-order valence-corrected chi connectivity index (χ2v) is 21.9. The number of phenolic OH excluding ortho intramolecular Hbond substituents is 1. The second-order valence-electron chi connectivity index (χ2n) is 21.9. The smallest absolute Gasteiger partial charge is 0.320 e. The van der Waals surface area contributed by atoms with Gasteiger partial charge in [-0.1, -0.05) is 51.0 Å². The van der Waals surface area contributed by atoms with Crippen molar-refractivity contribution in [1.82, 2.24) is 44.9 Å². The van der Waals surface area contributed by atoms with Gasteiger partial charge in [0.2, 0.25) is 18.3 Å². The molecule has 2 aromatic heterocycles. The van der Waals surface area contributed by atoms with Crippen LogP contribution in [-0.4, -0.2) is 147 Å². The number of aromatic amines is 1. The van der Waals surface area contributed by atoms with Gasteiger partial charge in [0, 0.05) is 123 Å². The van der Waals surface area contributed by atoms with Crippen molar-refractivity contribution in [2.75, 3.05) is 76.6 Å². The minimum absolute atomic E-state index is 0.0161. The summed E-state index contributed by atoms with van der Waals surface area (Å²) >= 11 is 0. The van der Waals surface area contributed by atoms with Gasteiger partial charge >= 0.3 is 6.03 Å². The molecular weight excluding hydrogens is 909 g/mol. The number of likely N-dealkylation sites (N-methyl/N-ethyl adjacent to an activating group) is 1. The first-order valence-electron chi connectivity index (χ1n) is 25.6. The average Bonchev–Trinajstić information content (AvgIpc) is 3.94. The molecule has 1 saturated carbocycles. The Kier molecular flexibility index (Phi) is 14.6. The number of fused-ring (bicyclic) bond motifs is 3. The molecule has 4 amide bonds. The van der Waals surface area contributed by atoms with E-state index >= 15 is 0 Å². The maximum Gasteiger partial charge on any atom is 0.320 e. The minimum Gasteiger partial charge on any atom is -0.507 e. The van der Waals surface area contributed by atoms with Crippen LogP contribution in [0.15, 0.2) is 60.9 Å². The van der Waals surface area contributed by atoms with Crippen LogP contribution in [-0.2, 0) is 27.4 Å². The van der Waals surface area contributed by atoms with Gasteiger partial charge in [-0.2, -0.15) is 5.06 Å². The summed E-state index contributed by atoms with van der Waals surface area (Å²) in [4.78, 5) is 68.0. The largest absolute Gasteiger partial charge is 0.507 e. The van der Waals surface area contributed by atoms with Crippen LogP contribution >= 0.6 is 0 Å². The predicted molar refractivity (Wildman–Crippen MR) is 279 cm³/mol. The second kappa shape index (κ2) is 20.9. The maximum absolute atomic E-state index is 14.2. The van der Waals surface area contributed by atoms with Crippen LogP contribution in [0.5, 0.6) is 5.75 Å². The Morgan fingerprint density at radius 2 is 1.72 bits per heavy atom. The van der Waals surface area contributed by atoms with E-state index < -0.39 is 11.5 Å². The van der Waals surface area contributed by atoms with Gasteiger partial charge in [0.15, 0.2) is 0 Å². The molecule has 3 atom stereocenters.